The molecule has 2 aromatic carbocycles. The number of aromatic amines is 1. The molecule has 22 heteroatoms. The molecule has 0 saturated carbocycles. The molecule has 1 aliphatic heterocycles. The number of carbonyl (C=O) groups is 5. The number of carboxylic acids is 1. The smallest absolute Gasteiger partial charge is 0.330 e. The number of rotatable bonds is 19. The standard InChI is InChI=1S/C36H46N8O13S/c1-58-13-11-23(41-35(55)42-24(34(53)54)15-19-4-8-21(46)9-5-19)32(52)40-25(16-38-30(50)22(37)14-18-2-6-20(45)7-3-18)31(51)39-17-26-28(48)29(49)33(57-26)44-12-10-27(47)43-36(44)56/h2-10,12,22-26,28-29,33,45-46,48-49H,11,13-17,37H2,1H3,(H,38,50)(H,39,51)(H,40,52)(H,53,54)(H2,41,42,55)(H,43,47,56)/t22-,23+,24-,25+,26+,28+,29+,33+/m0/s1. The molecule has 3 aromatic rings. The number of aliphatic hydroxyl groups excluding tert-OH is 2. The van der Waals surface area contributed by atoms with Crippen LogP contribution in [0.15, 0.2) is 70.4 Å². The number of phenolic OH excluding ortho intramolecular Hbond substituents is 2. The number of aliphatic hydroxyl groups is 2. The first-order valence-corrected chi connectivity index (χ1v) is 19.2. The van der Waals surface area contributed by atoms with E-state index in [1.807, 2.05) is 4.98 Å². The fourth-order valence-corrected chi connectivity index (χ4v) is 6.28. The van der Waals surface area contributed by atoms with Crippen LogP contribution in [0.5, 0.6) is 11.5 Å². The number of phenols is 2. The molecule has 0 radical (unpaired) electrons. The maximum absolute atomic E-state index is 13.7. The second-order valence-electron chi connectivity index (χ2n) is 13.3. The SMILES string of the molecule is CSCC[C@@H](NC(=O)N[C@@H](Cc1ccc(O)cc1)C(=O)O)C(=O)N[C@H](CNC(=O)[C@@H](N)Cc1ccc(O)cc1)C(=O)NC[C@H]1O[C@@H](n2ccc(=O)[nH]c2=O)[C@H](O)[C@@H]1O. The van der Waals surface area contributed by atoms with E-state index in [0.717, 1.165) is 16.8 Å². The third kappa shape index (κ3) is 12.8. The number of hydrogen-bond acceptors (Lipinski definition) is 14. The lowest BCUT2D eigenvalue weighted by Crippen LogP contribution is -2.60. The van der Waals surface area contributed by atoms with E-state index in [0.29, 0.717) is 16.9 Å². The van der Waals surface area contributed by atoms with Gasteiger partial charge in [-0.15, -0.1) is 0 Å². The molecule has 1 aliphatic rings. The molecule has 1 fully saturated rings. The average molecular weight is 831 g/mol. The number of hydrogen-bond donors (Lipinski definition) is 12. The molecule has 8 atom stereocenters. The first-order valence-electron chi connectivity index (χ1n) is 17.8. The summed E-state index contributed by atoms with van der Waals surface area (Å²) in [6.07, 6.45) is -3.30. The third-order valence-electron chi connectivity index (χ3n) is 8.99. The van der Waals surface area contributed by atoms with Gasteiger partial charge >= 0.3 is 17.7 Å². The van der Waals surface area contributed by atoms with E-state index in [9.17, 15) is 59.1 Å². The van der Waals surface area contributed by atoms with Crippen molar-refractivity contribution in [2.45, 2.75) is 68.0 Å². The van der Waals surface area contributed by atoms with Crippen LogP contribution in [-0.4, -0.2) is 132 Å². The first-order chi connectivity index (χ1) is 27.6. The van der Waals surface area contributed by atoms with Crippen molar-refractivity contribution in [3.63, 3.8) is 0 Å². The summed E-state index contributed by atoms with van der Waals surface area (Å²) in [6, 6.07) is 6.24. The maximum atomic E-state index is 13.7. The van der Waals surface area contributed by atoms with E-state index in [1.165, 1.54) is 48.2 Å². The molecule has 0 spiro atoms. The van der Waals surface area contributed by atoms with Crippen LogP contribution < -0.4 is 43.6 Å². The summed E-state index contributed by atoms with van der Waals surface area (Å²) in [4.78, 5) is 91.2. The monoisotopic (exact) mass is 830 g/mol. The highest BCUT2D eigenvalue weighted by Gasteiger charge is 2.44. The van der Waals surface area contributed by atoms with E-state index in [2.05, 4.69) is 26.6 Å². The zero-order valence-corrected chi connectivity index (χ0v) is 31.9. The van der Waals surface area contributed by atoms with Gasteiger partial charge < -0.3 is 62.6 Å². The predicted molar refractivity (Wildman–Crippen MR) is 207 cm³/mol. The molecule has 0 aliphatic carbocycles. The van der Waals surface area contributed by atoms with Gasteiger partial charge in [0.15, 0.2) is 6.23 Å². The minimum absolute atomic E-state index is 0.0100. The summed E-state index contributed by atoms with van der Waals surface area (Å²) < 4.78 is 6.49. The molecule has 5 amide bonds. The van der Waals surface area contributed by atoms with Crippen LogP contribution in [0, 0.1) is 0 Å². The number of aliphatic carboxylic acids is 1. The fourth-order valence-electron chi connectivity index (χ4n) is 5.80. The van der Waals surface area contributed by atoms with Crippen LogP contribution >= 0.6 is 11.8 Å². The third-order valence-corrected chi connectivity index (χ3v) is 9.64. The summed E-state index contributed by atoms with van der Waals surface area (Å²) in [5.74, 6) is -3.57. The number of nitrogens with zero attached hydrogens (tertiary/aromatic N) is 1. The van der Waals surface area contributed by atoms with Gasteiger partial charge in [0.25, 0.3) is 5.56 Å². The lowest BCUT2D eigenvalue weighted by molar-refractivity contribution is -0.139. The zero-order chi connectivity index (χ0) is 42.5. The van der Waals surface area contributed by atoms with Crippen LogP contribution in [0.1, 0.15) is 23.8 Å². The number of aromatic hydroxyl groups is 2. The number of ether oxygens (including phenoxy) is 1. The normalized spacial score (nSPS) is 19.5. The van der Waals surface area contributed by atoms with Crippen molar-refractivity contribution < 1.29 is 54.2 Å². The molecule has 21 nitrogen and oxygen atoms in total. The molecule has 13 N–H and O–H groups in total. The van der Waals surface area contributed by atoms with E-state index < -0.39 is 103 Å². The van der Waals surface area contributed by atoms with Crippen molar-refractivity contribution in [1.82, 2.24) is 36.1 Å². The Kier molecular flexibility index (Phi) is 16.2. The molecule has 0 unspecified atom stereocenters. The number of amides is 5. The summed E-state index contributed by atoms with van der Waals surface area (Å²) >= 11 is 1.34. The van der Waals surface area contributed by atoms with Crippen molar-refractivity contribution in [1.29, 1.82) is 0 Å². The van der Waals surface area contributed by atoms with Crippen LogP contribution in [0.2, 0.25) is 0 Å². The molecule has 1 saturated heterocycles. The van der Waals surface area contributed by atoms with Crippen molar-refractivity contribution in [3.05, 3.63) is 92.8 Å². The van der Waals surface area contributed by atoms with Crippen LogP contribution in [-0.2, 0) is 36.8 Å². The number of aromatic nitrogens is 2. The summed E-state index contributed by atoms with van der Waals surface area (Å²) in [5, 5.41) is 62.4. The second-order valence-corrected chi connectivity index (χ2v) is 14.3. The van der Waals surface area contributed by atoms with Crippen LogP contribution in [0.25, 0.3) is 0 Å². The highest BCUT2D eigenvalue weighted by molar-refractivity contribution is 7.98. The Bertz CT molecular complexity index is 2010. The van der Waals surface area contributed by atoms with Crippen LogP contribution in [0.4, 0.5) is 4.79 Å². The predicted octanol–water partition coefficient (Wildman–Crippen LogP) is -3.03. The van der Waals surface area contributed by atoms with Gasteiger partial charge in [-0.25, -0.2) is 14.4 Å². The Balaban J connectivity index is 1.47. The molecule has 0 bridgehead atoms. The Morgan fingerprint density at radius 1 is 0.810 bits per heavy atom. The molecule has 1 aromatic heterocycles. The zero-order valence-electron chi connectivity index (χ0n) is 31.1. The van der Waals surface area contributed by atoms with Gasteiger partial charge in [0.1, 0.15) is 47.9 Å². The van der Waals surface area contributed by atoms with E-state index in [4.69, 9.17) is 10.5 Å². The van der Waals surface area contributed by atoms with Gasteiger partial charge in [0.2, 0.25) is 17.7 Å². The van der Waals surface area contributed by atoms with Gasteiger partial charge in [-0.3, -0.25) is 28.7 Å². The molecule has 314 valence electrons. The fraction of sp³-hybridized carbons (Fsp3) is 0.417. The summed E-state index contributed by atoms with van der Waals surface area (Å²) in [6.45, 7) is -0.999. The minimum Gasteiger partial charge on any atom is -0.508 e. The summed E-state index contributed by atoms with van der Waals surface area (Å²) in [7, 11) is 0. The van der Waals surface area contributed by atoms with Crippen molar-refractivity contribution in [2.75, 3.05) is 25.1 Å². The number of nitrogens with one attached hydrogen (secondary N) is 6. The highest BCUT2D eigenvalue weighted by Crippen LogP contribution is 2.28. The second kappa shape index (κ2) is 21.0. The highest BCUT2D eigenvalue weighted by atomic mass is 32.2. The largest absolute Gasteiger partial charge is 0.508 e. The Labute approximate surface area is 334 Å². The molecule has 4 rings (SSSR count). The minimum atomic E-state index is -1.66. The molecule has 58 heavy (non-hydrogen) atoms. The Hall–Kier alpha value is -5.94. The van der Waals surface area contributed by atoms with Gasteiger partial charge in [0.05, 0.1) is 6.04 Å². The Morgan fingerprint density at radius 3 is 2.00 bits per heavy atom. The quantitative estimate of drug-likeness (QED) is 0.0572. The van der Waals surface area contributed by atoms with Crippen LogP contribution in [0.3, 0.4) is 0 Å². The number of nitrogens with two attached hydrogens (primary N) is 1. The first kappa shape index (κ1) is 44.8. The van der Waals surface area contributed by atoms with Gasteiger partial charge in [-0.1, -0.05) is 24.3 Å². The Morgan fingerprint density at radius 2 is 1.41 bits per heavy atom. The number of carboxylic acid groups (broad SMARTS) is 1. The van der Waals surface area contributed by atoms with Crippen molar-refractivity contribution >= 4 is 41.5 Å². The number of thioether (sulfide) groups is 1. The van der Waals surface area contributed by atoms with E-state index in [-0.39, 0.29) is 30.8 Å². The molecular formula is C36H46N8O13S. The van der Waals surface area contributed by atoms with E-state index >= 15 is 0 Å². The van der Waals surface area contributed by atoms with Crippen molar-refractivity contribution in [2.24, 2.45) is 5.73 Å². The number of benzene rings is 2. The van der Waals surface area contributed by atoms with Crippen molar-refractivity contribution in [3.8, 4) is 11.5 Å². The topological polar surface area (TPSA) is 337 Å². The maximum Gasteiger partial charge on any atom is 0.330 e. The van der Waals surface area contributed by atoms with E-state index in [1.54, 1.807) is 18.4 Å². The number of H-pyrrole nitrogens is 1. The summed E-state index contributed by atoms with van der Waals surface area (Å²) in [5.41, 5.74) is 5.57. The average Bonchev–Trinajstić information content (AvgIpc) is 3.46. The number of carbonyl (C=O) groups excluding carboxylic acids is 4. The lowest BCUT2D eigenvalue weighted by atomic mass is 10.1. The molecular weight excluding hydrogens is 785 g/mol. The van der Waals surface area contributed by atoms with Gasteiger partial charge in [0, 0.05) is 31.8 Å². The molecule has 2 heterocycles. The van der Waals surface area contributed by atoms with Gasteiger partial charge in [-0.2, -0.15) is 11.8 Å². The van der Waals surface area contributed by atoms with Gasteiger partial charge in [-0.05, 0) is 60.2 Å². The lowest BCUT2D eigenvalue weighted by Gasteiger charge is -2.25. The number of urea groups is 1.